The summed E-state index contributed by atoms with van der Waals surface area (Å²) in [5.41, 5.74) is 3.68. The van der Waals surface area contributed by atoms with Crippen LogP contribution in [0.2, 0.25) is 0 Å². The second kappa shape index (κ2) is 8.67. The lowest BCUT2D eigenvalue weighted by Gasteiger charge is -2.18. The molecule has 0 atom stereocenters. The van der Waals surface area contributed by atoms with Crippen LogP contribution in [0.15, 0.2) is 48.5 Å². The van der Waals surface area contributed by atoms with E-state index >= 15 is 0 Å². The van der Waals surface area contributed by atoms with Gasteiger partial charge in [0.2, 0.25) is 0 Å². The van der Waals surface area contributed by atoms with Crippen molar-refractivity contribution in [1.29, 1.82) is 0 Å². The number of nitrogens with one attached hydrogen (secondary N) is 2. The molecule has 1 saturated heterocycles. The highest BCUT2D eigenvalue weighted by Crippen LogP contribution is 2.20. The minimum atomic E-state index is -0.370. The topological polar surface area (TPSA) is 53.6 Å². The molecular formula is C20H23N3O2S. The molecule has 2 aromatic carbocycles. The Bertz CT molecular complexity index is 771. The number of carbonyl (C=O) groups excluding carboxylic acids is 1. The summed E-state index contributed by atoms with van der Waals surface area (Å²) in [6, 6.07) is 15.6. The summed E-state index contributed by atoms with van der Waals surface area (Å²) < 4.78 is 4.73. The number of ether oxygens (including phenoxy) is 1. The molecule has 0 amide bonds. The van der Waals surface area contributed by atoms with E-state index in [0.717, 1.165) is 18.8 Å². The van der Waals surface area contributed by atoms with Crippen molar-refractivity contribution >= 4 is 34.7 Å². The lowest BCUT2D eigenvalue weighted by Crippen LogP contribution is -2.28. The molecule has 2 N–H and O–H groups in total. The number of hydrogen-bond acceptors (Lipinski definition) is 4. The SMILES string of the molecule is COC(=O)c1cccc(NC(=S)NCc2ccc(N3CCCC3)cc2)c1. The van der Waals surface area contributed by atoms with Crippen molar-refractivity contribution < 1.29 is 9.53 Å². The first-order valence-electron chi connectivity index (χ1n) is 8.73. The fourth-order valence-corrected chi connectivity index (χ4v) is 3.19. The molecule has 5 nitrogen and oxygen atoms in total. The Morgan fingerprint density at radius 1 is 1.15 bits per heavy atom. The largest absolute Gasteiger partial charge is 0.465 e. The molecule has 1 heterocycles. The van der Waals surface area contributed by atoms with E-state index in [9.17, 15) is 4.79 Å². The molecule has 136 valence electrons. The number of hydrogen-bond donors (Lipinski definition) is 2. The molecule has 0 saturated carbocycles. The average molecular weight is 369 g/mol. The molecule has 1 fully saturated rings. The number of thiocarbonyl (C=S) groups is 1. The van der Waals surface area contributed by atoms with E-state index in [0.29, 0.717) is 17.2 Å². The lowest BCUT2D eigenvalue weighted by molar-refractivity contribution is 0.0601. The second-order valence-electron chi connectivity index (χ2n) is 6.24. The monoisotopic (exact) mass is 369 g/mol. The lowest BCUT2D eigenvalue weighted by atomic mass is 10.2. The van der Waals surface area contributed by atoms with Crippen molar-refractivity contribution in [1.82, 2.24) is 5.32 Å². The van der Waals surface area contributed by atoms with Gasteiger partial charge in [0, 0.05) is 31.0 Å². The average Bonchev–Trinajstić information content (AvgIpc) is 3.21. The maximum absolute atomic E-state index is 11.6. The van der Waals surface area contributed by atoms with E-state index in [4.69, 9.17) is 17.0 Å². The summed E-state index contributed by atoms with van der Waals surface area (Å²) in [6.07, 6.45) is 2.56. The summed E-state index contributed by atoms with van der Waals surface area (Å²) in [4.78, 5) is 14.0. The van der Waals surface area contributed by atoms with Crippen LogP contribution in [0.25, 0.3) is 0 Å². The Balaban J connectivity index is 1.51. The van der Waals surface area contributed by atoms with Crippen LogP contribution in [0.5, 0.6) is 0 Å². The van der Waals surface area contributed by atoms with Gasteiger partial charge in [0.05, 0.1) is 12.7 Å². The van der Waals surface area contributed by atoms with E-state index in [1.807, 2.05) is 6.07 Å². The third kappa shape index (κ3) is 4.73. The van der Waals surface area contributed by atoms with Crippen LogP contribution in [0.4, 0.5) is 11.4 Å². The van der Waals surface area contributed by atoms with Gasteiger partial charge in [0.15, 0.2) is 5.11 Å². The van der Waals surface area contributed by atoms with E-state index in [1.165, 1.54) is 31.2 Å². The van der Waals surface area contributed by atoms with Crippen molar-refractivity contribution in [2.45, 2.75) is 19.4 Å². The van der Waals surface area contributed by atoms with Gasteiger partial charge in [-0.3, -0.25) is 0 Å². The molecule has 0 bridgehead atoms. The van der Waals surface area contributed by atoms with E-state index in [-0.39, 0.29) is 5.97 Å². The molecule has 0 unspecified atom stereocenters. The van der Waals surface area contributed by atoms with Crippen LogP contribution in [0.3, 0.4) is 0 Å². The normalized spacial score (nSPS) is 13.3. The molecule has 0 spiro atoms. The van der Waals surface area contributed by atoms with E-state index in [1.54, 1.807) is 18.2 Å². The van der Waals surface area contributed by atoms with Crippen molar-refractivity contribution in [2.75, 3.05) is 30.4 Å². The van der Waals surface area contributed by atoms with Crippen LogP contribution < -0.4 is 15.5 Å². The zero-order valence-corrected chi connectivity index (χ0v) is 15.6. The van der Waals surface area contributed by atoms with Crippen LogP contribution in [-0.4, -0.2) is 31.3 Å². The molecule has 0 radical (unpaired) electrons. The molecule has 26 heavy (non-hydrogen) atoms. The fourth-order valence-electron chi connectivity index (χ4n) is 3.00. The number of methoxy groups -OCH3 is 1. The van der Waals surface area contributed by atoms with Gasteiger partial charge >= 0.3 is 5.97 Å². The number of esters is 1. The second-order valence-corrected chi connectivity index (χ2v) is 6.65. The van der Waals surface area contributed by atoms with Gasteiger partial charge in [0.1, 0.15) is 0 Å². The van der Waals surface area contributed by atoms with Crippen LogP contribution in [-0.2, 0) is 11.3 Å². The molecule has 3 rings (SSSR count). The smallest absolute Gasteiger partial charge is 0.337 e. The van der Waals surface area contributed by atoms with Gasteiger partial charge in [-0.05, 0) is 61.0 Å². The summed E-state index contributed by atoms with van der Waals surface area (Å²) in [5, 5.41) is 6.79. The van der Waals surface area contributed by atoms with Gasteiger partial charge in [0.25, 0.3) is 0 Å². The molecule has 1 aliphatic rings. The minimum Gasteiger partial charge on any atom is -0.465 e. The fraction of sp³-hybridized carbons (Fsp3) is 0.300. The van der Waals surface area contributed by atoms with E-state index in [2.05, 4.69) is 39.8 Å². The van der Waals surface area contributed by atoms with Gasteiger partial charge in [-0.25, -0.2) is 4.79 Å². The Hall–Kier alpha value is -2.60. The highest BCUT2D eigenvalue weighted by Gasteiger charge is 2.11. The third-order valence-corrected chi connectivity index (χ3v) is 4.65. The minimum absolute atomic E-state index is 0.370. The maximum Gasteiger partial charge on any atom is 0.337 e. The van der Waals surface area contributed by atoms with Crippen molar-refractivity contribution in [3.63, 3.8) is 0 Å². The van der Waals surface area contributed by atoms with Gasteiger partial charge in [-0.2, -0.15) is 0 Å². The molecule has 1 aliphatic heterocycles. The summed E-state index contributed by atoms with van der Waals surface area (Å²) in [6.45, 7) is 2.94. The predicted octanol–water partition coefficient (Wildman–Crippen LogP) is 3.56. The maximum atomic E-state index is 11.6. The number of anilines is 2. The van der Waals surface area contributed by atoms with Gasteiger partial charge < -0.3 is 20.3 Å². The number of nitrogens with zero attached hydrogens (tertiary/aromatic N) is 1. The Morgan fingerprint density at radius 2 is 1.88 bits per heavy atom. The Morgan fingerprint density at radius 3 is 2.58 bits per heavy atom. The molecule has 6 heteroatoms. The van der Waals surface area contributed by atoms with Crippen molar-refractivity contribution in [2.24, 2.45) is 0 Å². The zero-order chi connectivity index (χ0) is 18.4. The van der Waals surface area contributed by atoms with Crippen LogP contribution in [0, 0.1) is 0 Å². The summed E-state index contributed by atoms with van der Waals surface area (Å²) >= 11 is 5.34. The predicted molar refractivity (Wildman–Crippen MR) is 109 cm³/mol. The molecular weight excluding hydrogens is 346 g/mol. The first kappa shape index (κ1) is 18.2. The standard InChI is InChI=1S/C20H23N3O2S/c1-25-19(24)16-5-4-6-17(13-16)22-20(26)21-14-15-7-9-18(10-8-15)23-11-2-3-12-23/h4-10,13H,2-3,11-12,14H2,1H3,(H2,21,22,26). The number of rotatable bonds is 5. The van der Waals surface area contributed by atoms with Crippen LogP contribution >= 0.6 is 12.2 Å². The Kier molecular flexibility index (Phi) is 6.07. The van der Waals surface area contributed by atoms with Crippen molar-refractivity contribution in [3.8, 4) is 0 Å². The highest BCUT2D eigenvalue weighted by atomic mass is 32.1. The molecule has 2 aromatic rings. The molecule has 0 aliphatic carbocycles. The highest BCUT2D eigenvalue weighted by molar-refractivity contribution is 7.80. The van der Waals surface area contributed by atoms with Gasteiger partial charge in [-0.1, -0.05) is 18.2 Å². The zero-order valence-electron chi connectivity index (χ0n) is 14.8. The van der Waals surface area contributed by atoms with Gasteiger partial charge in [-0.15, -0.1) is 0 Å². The van der Waals surface area contributed by atoms with E-state index < -0.39 is 0 Å². The summed E-state index contributed by atoms with van der Waals surface area (Å²) in [5.74, 6) is -0.370. The van der Waals surface area contributed by atoms with Crippen molar-refractivity contribution in [3.05, 3.63) is 59.7 Å². The quantitative estimate of drug-likeness (QED) is 0.621. The summed E-state index contributed by atoms with van der Waals surface area (Å²) in [7, 11) is 1.36. The Labute approximate surface area is 159 Å². The first-order chi connectivity index (χ1) is 12.7. The number of benzene rings is 2. The first-order valence-corrected chi connectivity index (χ1v) is 9.13. The van der Waals surface area contributed by atoms with Crippen LogP contribution in [0.1, 0.15) is 28.8 Å². The molecule has 0 aromatic heterocycles. The number of carbonyl (C=O) groups is 1. The third-order valence-electron chi connectivity index (χ3n) is 4.40.